The predicted molar refractivity (Wildman–Crippen MR) is 48.8 cm³/mol. The predicted octanol–water partition coefficient (Wildman–Crippen LogP) is 0.0159. The Bertz CT molecular complexity index is 203. The zero-order chi connectivity index (χ0) is 9.52. The quantitative estimate of drug-likeness (QED) is 0.603. The van der Waals surface area contributed by atoms with Crippen molar-refractivity contribution in [1.29, 1.82) is 5.26 Å². The van der Waals surface area contributed by atoms with E-state index in [-0.39, 0.29) is 11.8 Å². The van der Waals surface area contributed by atoms with Gasteiger partial charge in [-0.2, -0.15) is 5.26 Å². The fraction of sp³-hybridized carbons (Fsp3) is 0.778. The Hall–Kier alpha value is -1.08. The van der Waals surface area contributed by atoms with E-state index in [1.54, 1.807) is 0 Å². The van der Waals surface area contributed by atoms with Gasteiger partial charge in [-0.05, 0) is 19.4 Å². The van der Waals surface area contributed by atoms with Crippen molar-refractivity contribution in [3.63, 3.8) is 0 Å². The van der Waals surface area contributed by atoms with Crippen LogP contribution in [0, 0.1) is 17.2 Å². The van der Waals surface area contributed by atoms with E-state index in [0.29, 0.717) is 13.0 Å². The Kier molecular flexibility index (Phi) is 4.27. The Morgan fingerprint density at radius 1 is 1.69 bits per heavy atom. The molecule has 1 atom stereocenters. The summed E-state index contributed by atoms with van der Waals surface area (Å²) < 4.78 is 0. The van der Waals surface area contributed by atoms with E-state index >= 15 is 0 Å². The van der Waals surface area contributed by atoms with Crippen LogP contribution in [-0.2, 0) is 4.79 Å². The number of carbonyl (C=O) groups is 1. The Labute approximate surface area is 78.3 Å². The molecular formula is C9H15N3O. The lowest BCUT2D eigenvalue weighted by Crippen LogP contribution is -2.40. The summed E-state index contributed by atoms with van der Waals surface area (Å²) in [6.45, 7) is 2.27. The molecule has 13 heavy (non-hydrogen) atoms. The van der Waals surface area contributed by atoms with Crippen LogP contribution in [0.25, 0.3) is 0 Å². The van der Waals surface area contributed by atoms with E-state index in [1.165, 1.54) is 0 Å². The summed E-state index contributed by atoms with van der Waals surface area (Å²) >= 11 is 0. The fourth-order valence-corrected chi connectivity index (χ4v) is 1.46. The Balaban J connectivity index is 2.18. The fourth-order valence-electron chi connectivity index (χ4n) is 1.46. The minimum absolute atomic E-state index is 0.0856. The van der Waals surface area contributed by atoms with Crippen LogP contribution in [0.5, 0.6) is 0 Å². The zero-order valence-electron chi connectivity index (χ0n) is 7.68. The molecule has 1 amide bonds. The summed E-state index contributed by atoms with van der Waals surface area (Å²) in [5, 5.41) is 14.2. The van der Waals surface area contributed by atoms with Gasteiger partial charge in [-0.1, -0.05) is 0 Å². The Morgan fingerprint density at radius 3 is 3.15 bits per heavy atom. The molecule has 1 saturated heterocycles. The highest BCUT2D eigenvalue weighted by Gasteiger charge is 2.19. The first-order chi connectivity index (χ1) is 6.34. The second kappa shape index (κ2) is 5.55. The van der Waals surface area contributed by atoms with Crippen LogP contribution >= 0.6 is 0 Å². The smallest absolute Gasteiger partial charge is 0.224 e. The van der Waals surface area contributed by atoms with Crippen molar-refractivity contribution in [2.45, 2.75) is 19.3 Å². The number of rotatable bonds is 3. The van der Waals surface area contributed by atoms with Gasteiger partial charge in [0.2, 0.25) is 5.91 Å². The number of hydrogen-bond acceptors (Lipinski definition) is 3. The number of amides is 1. The molecule has 0 aromatic rings. The van der Waals surface area contributed by atoms with Gasteiger partial charge in [-0.25, -0.2) is 0 Å². The van der Waals surface area contributed by atoms with Gasteiger partial charge in [0.05, 0.1) is 18.4 Å². The van der Waals surface area contributed by atoms with Crippen LogP contribution in [0.15, 0.2) is 0 Å². The third-order valence-corrected chi connectivity index (χ3v) is 2.20. The maximum atomic E-state index is 11.4. The van der Waals surface area contributed by atoms with Crippen LogP contribution < -0.4 is 10.6 Å². The van der Waals surface area contributed by atoms with E-state index in [1.807, 2.05) is 6.07 Å². The van der Waals surface area contributed by atoms with Crippen LogP contribution in [0.1, 0.15) is 19.3 Å². The van der Waals surface area contributed by atoms with E-state index in [2.05, 4.69) is 10.6 Å². The Morgan fingerprint density at radius 2 is 2.54 bits per heavy atom. The van der Waals surface area contributed by atoms with Crippen molar-refractivity contribution in [3.8, 4) is 6.07 Å². The van der Waals surface area contributed by atoms with Crippen LogP contribution in [-0.4, -0.2) is 25.5 Å². The zero-order valence-corrected chi connectivity index (χ0v) is 7.68. The highest BCUT2D eigenvalue weighted by atomic mass is 16.1. The average molecular weight is 181 g/mol. The minimum atomic E-state index is 0.0856. The molecule has 1 aliphatic rings. The van der Waals surface area contributed by atoms with Gasteiger partial charge < -0.3 is 10.6 Å². The molecule has 72 valence electrons. The van der Waals surface area contributed by atoms with Crippen molar-refractivity contribution in [2.24, 2.45) is 5.92 Å². The molecule has 1 aliphatic heterocycles. The first-order valence-corrected chi connectivity index (χ1v) is 4.70. The maximum absolute atomic E-state index is 11.4. The van der Waals surface area contributed by atoms with Crippen molar-refractivity contribution < 1.29 is 4.79 Å². The first kappa shape index (κ1) is 10.0. The van der Waals surface area contributed by atoms with Gasteiger partial charge in [0.25, 0.3) is 0 Å². The highest BCUT2D eigenvalue weighted by Crippen LogP contribution is 2.09. The average Bonchev–Trinajstić information content (AvgIpc) is 2.19. The standard InChI is InChI=1S/C9H15N3O/c10-4-2-6-12-9(13)8-3-1-5-11-7-8/h8,11H,1-3,5-7H2,(H,12,13)/t8-/m0/s1. The maximum Gasteiger partial charge on any atom is 0.224 e. The number of nitriles is 1. The van der Waals surface area contributed by atoms with Crippen LogP contribution in [0.3, 0.4) is 0 Å². The highest BCUT2D eigenvalue weighted by molar-refractivity contribution is 5.78. The molecule has 2 N–H and O–H groups in total. The summed E-state index contributed by atoms with van der Waals surface area (Å²) in [4.78, 5) is 11.4. The topological polar surface area (TPSA) is 64.9 Å². The van der Waals surface area contributed by atoms with Crippen molar-refractivity contribution in [3.05, 3.63) is 0 Å². The summed E-state index contributed by atoms with van der Waals surface area (Å²) in [5.74, 6) is 0.190. The molecule has 1 fully saturated rings. The first-order valence-electron chi connectivity index (χ1n) is 4.70. The SMILES string of the molecule is N#CCCNC(=O)[C@H]1CCCNC1. The normalized spacial score (nSPS) is 21.9. The molecule has 0 spiro atoms. The third kappa shape index (κ3) is 3.43. The summed E-state index contributed by atoms with van der Waals surface area (Å²) in [7, 11) is 0. The second-order valence-electron chi connectivity index (χ2n) is 3.24. The van der Waals surface area contributed by atoms with E-state index in [9.17, 15) is 4.79 Å². The molecule has 4 heteroatoms. The summed E-state index contributed by atoms with van der Waals surface area (Å²) in [6.07, 6.45) is 2.42. The van der Waals surface area contributed by atoms with Crippen molar-refractivity contribution >= 4 is 5.91 Å². The number of nitrogens with one attached hydrogen (secondary N) is 2. The molecule has 0 radical (unpaired) electrons. The number of piperidine rings is 1. The molecule has 0 saturated carbocycles. The van der Waals surface area contributed by atoms with Gasteiger partial charge in [-0.3, -0.25) is 4.79 Å². The van der Waals surface area contributed by atoms with E-state index in [0.717, 1.165) is 25.9 Å². The molecular weight excluding hydrogens is 166 g/mol. The van der Waals surface area contributed by atoms with Crippen LogP contribution in [0.2, 0.25) is 0 Å². The monoisotopic (exact) mass is 181 g/mol. The third-order valence-electron chi connectivity index (χ3n) is 2.20. The summed E-state index contributed by atoms with van der Waals surface area (Å²) in [5.41, 5.74) is 0. The van der Waals surface area contributed by atoms with Crippen molar-refractivity contribution in [2.75, 3.05) is 19.6 Å². The van der Waals surface area contributed by atoms with Crippen LogP contribution in [0.4, 0.5) is 0 Å². The molecule has 4 nitrogen and oxygen atoms in total. The lowest BCUT2D eigenvalue weighted by atomic mass is 9.99. The largest absolute Gasteiger partial charge is 0.355 e. The summed E-state index contributed by atoms with van der Waals surface area (Å²) in [6, 6.07) is 2.00. The molecule has 0 aromatic heterocycles. The molecule has 0 aromatic carbocycles. The minimum Gasteiger partial charge on any atom is -0.355 e. The lowest BCUT2D eigenvalue weighted by Gasteiger charge is -2.21. The van der Waals surface area contributed by atoms with Gasteiger partial charge in [0, 0.05) is 13.1 Å². The lowest BCUT2D eigenvalue weighted by molar-refractivity contribution is -0.125. The van der Waals surface area contributed by atoms with E-state index < -0.39 is 0 Å². The molecule has 1 heterocycles. The van der Waals surface area contributed by atoms with E-state index in [4.69, 9.17) is 5.26 Å². The second-order valence-corrected chi connectivity index (χ2v) is 3.24. The van der Waals surface area contributed by atoms with Crippen molar-refractivity contribution in [1.82, 2.24) is 10.6 Å². The molecule has 0 unspecified atom stereocenters. The number of hydrogen-bond donors (Lipinski definition) is 2. The van der Waals surface area contributed by atoms with Gasteiger partial charge >= 0.3 is 0 Å². The van der Waals surface area contributed by atoms with Gasteiger partial charge in [0.15, 0.2) is 0 Å². The van der Waals surface area contributed by atoms with Gasteiger partial charge in [-0.15, -0.1) is 0 Å². The molecule has 0 aliphatic carbocycles. The number of nitrogens with zero attached hydrogens (tertiary/aromatic N) is 1. The molecule has 1 rings (SSSR count). The molecule has 0 bridgehead atoms. The van der Waals surface area contributed by atoms with Gasteiger partial charge in [0.1, 0.15) is 0 Å². The number of carbonyl (C=O) groups excluding carboxylic acids is 1.